The first-order valence-corrected chi connectivity index (χ1v) is 8.70. The number of hydrogen-bond donors (Lipinski definition) is 3. The lowest BCUT2D eigenvalue weighted by molar-refractivity contribution is 0.0636. The molecule has 0 aliphatic heterocycles. The predicted octanol–water partition coefficient (Wildman–Crippen LogP) is 3.46. The summed E-state index contributed by atoms with van der Waals surface area (Å²) in [6, 6.07) is 9.42. The van der Waals surface area contributed by atoms with Gasteiger partial charge in [0.15, 0.2) is 11.6 Å². The number of nitrogens with zero attached hydrogens (tertiary/aromatic N) is 4. The molecule has 2 aromatic rings. The Hall–Kier alpha value is -3.54. The third-order valence-electron chi connectivity index (χ3n) is 3.31. The zero-order chi connectivity index (χ0) is 20.7. The van der Waals surface area contributed by atoms with E-state index < -0.39 is 11.7 Å². The van der Waals surface area contributed by atoms with Gasteiger partial charge in [0.05, 0.1) is 6.34 Å². The number of hydrogen-bond acceptors (Lipinski definition) is 6. The summed E-state index contributed by atoms with van der Waals surface area (Å²) in [7, 11) is 3.67. The molecule has 0 unspecified atom stereocenters. The van der Waals surface area contributed by atoms with E-state index in [0.717, 1.165) is 5.56 Å². The number of benzene rings is 1. The Kier molecular flexibility index (Phi) is 6.60. The van der Waals surface area contributed by atoms with Gasteiger partial charge in [-0.3, -0.25) is 10.4 Å². The van der Waals surface area contributed by atoms with Crippen LogP contribution in [0.3, 0.4) is 0 Å². The Morgan fingerprint density at radius 2 is 2.18 bits per heavy atom. The number of carbonyl (C=O) groups excluding carboxylic acids is 1. The van der Waals surface area contributed by atoms with Crippen LogP contribution in [0.1, 0.15) is 31.9 Å². The molecule has 0 bridgehead atoms. The number of aliphatic imine (C=N–C) groups is 1. The molecule has 0 spiro atoms. The number of H-pyrrole nitrogens is 1. The Balaban J connectivity index is 2.04. The van der Waals surface area contributed by atoms with E-state index in [1.807, 2.05) is 32.3 Å². The minimum absolute atomic E-state index is 0.334. The number of aromatic nitrogens is 2. The quantitative estimate of drug-likeness (QED) is 0.519. The molecular formula is C19H25N7O2. The van der Waals surface area contributed by atoms with E-state index in [2.05, 4.69) is 31.9 Å². The summed E-state index contributed by atoms with van der Waals surface area (Å²) in [4.78, 5) is 17.8. The molecule has 0 atom stereocenters. The number of anilines is 2. The topological polar surface area (TPSA) is 118 Å². The summed E-state index contributed by atoms with van der Waals surface area (Å²) in [6.07, 6.45) is 1.07. The molecule has 1 aromatic carbocycles. The summed E-state index contributed by atoms with van der Waals surface area (Å²) < 4.78 is 5.25. The molecule has 0 aliphatic rings. The van der Waals surface area contributed by atoms with Crippen molar-refractivity contribution in [3.63, 3.8) is 0 Å². The van der Waals surface area contributed by atoms with Gasteiger partial charge in [-0.15, -0.1) is 0 Å². The first kappa shape index (κ1) is 20.8. The number of nitriles is 1. The van der Waals surface area contributed by atoms with E-state index in [9.17, 15) is 10.1 Å². The summed E-state index contributed by atoms with van der Waals surface area (Å²) in [5.41, 5.74) is 1.29. The van der Waals surface area contributed by atoms with E-state index in [0.29, 0.717) is 29.4 Å². The lowest BCUT2D eigenvalue weighted by Gasteiger charge is -2.19. The van der Waals surface area contributed by atoms with Crippen molar-refractivity contribution in [3.05, 3.63) is 35.4 Å². The zero-order valence-electron chi connectivity index (χ0n) is 16.7. The normalized spacial score (nSPS) is 11.1. The van der Waals surface area contributed by atoms with Crippen molar-refractivity contribution in [1.29, 1.82) is 5.26 Å². The monoisotopic (exact) mass is 383 g/mol. The Morgan fingerprint density at radius 3 is 2.82 bits per heavy atom. The fraction of sp³-hybridized carbons (Fsp3) is 0.368. The second-order valence-corrected chi connectivity index (χ2v) is 7.30. The molecule has 2 rings (SSSR count). The molecule has 28 heavy (non-hydrogen) atoms. The van der Waals surface area contributed by atoms with Crippen molar-refractivity contribution in [2.24, 2.45) is 4.99 Å². The van der Waals surface area contributed by atoms with Gasteiger partial charge in [-0.25, -0.2) is 9.79 Å². The Morgan fingerprint density at radius 1 is 1.43 bits per heavy atom. The maximum atomic E-state index is 11.9. The van der Waals surface area contributed by atoms with Crippen molar-refractivity contribution in [1.82, 2.24) is 15.1 Å². The maximum absolute atomic E-state index is 11.9. The molecule has 148 valence electrons. The minimum atomic E-state index is -0.566. The summed E-state index contributed by atoms with van der Waals surface area (Å²) in [5, 5.41) is 22.1. The number of rotatable bonds is 6. The molecule has 9 heteroatoms. The number of amides is 1. The van der Waals surface area contributed by atoms with Gasteiger partial charge >= 0.3 is 6.09 Å². The van der Waals surface area contributed by atoms with Gasteiger partial charge < -0.3 is 15.0 Å². The zero-order valence-corrected chi connectivity index (χ0v) is 16.7. The number of carbonyl (C=O) groups is 1. The fourth-order valence-electron chi connectivity index (χ4n) is 2.20. The van der Waals surface area contributed by atoms with Crippen molar-refractivity contribution in [2.45, 2.75) is 32.9 Å². The van der Waals surface area contributed by atoms with Crippen molar-refractivity contribution >= 4 is 29.8 Å². The number of ether oxygens (including phenoxy) is 1. The summed E-state index contributed by atoms with van der Waals surface area (Å²) in [5.74, 6) is 0.804. The molecule has 9 nitrogen and oxygen atoms in total. The van der Waals surface area contributed by atoms with Gasteiger partial charge in [0.25, 0.3) is 0 Å². The van der Waals surface area contributed by atoms with Gasteiger partial charge in [0, 0.05) is 26.3 Å². The highest BCUT2D eigenvalue weighted by Crippen LogP contribution is 2.23. The third-order valence-corrected chi connectivity index (χ3v) is 3.31. The second-order valence-electron chi connectivity index (χ2n) is 7.30. The summed E-state index contributed by atoms with van der Waals surface area (Å²) in [6.45, 7) is 5.83. The van der Waals surface area contributed by atoms with Crippen LogP contribution < -0.4 is 10.6 Å². The highest BCUT2D eigenvalue weighted by molar-refractivity contribution is 5.85. The van der Waals surface area contributed by atoms with Crippen LogP contribution in [0.4, 0.5) is 22.1 Å². The molecule has 0 radical (unpaired) electrons. The van der Waals surface area contributed by atoms with E-state index in [-0.39, 0.29) is 0 Å². The fourth-order valence-corrected chi connectivity index (χ4v) is 2.20. The Bertz CT molecular complexity index is 888. The third kappa shape index (κ3) is 6.32. The maximum Gasteiger partial charge on any atom is 0.412 e. The van der Waals surface area contributed by atoms with Crippen LogP contribution in [0, 0.1) is 11.3 Å². The Labute approximate surface area is 164 Å². The second kappa shape index (κ2) is 8.90. The standard InChI is InChI=1S/C19H25N7O2/c1-19(2,3)28-18(27)23-14-8-6-7-13(9-14)11-21-16-15(10-20)17(25-24-16)22-12-26(4)5/h6-9,12H,11H2,1-5H3,(H,23,27)(H2,21,24,25)/b22-12+. The lowest BCUT2D eigenvalue weighted by Crippen LogP contribution is -2.27. The van der Waals surface area contributed by atoms with Crippen LogP contribution in [0.15, 0.2) is 29.3 Å². The van der Waals surface area contributed by atoms with Gasteiger partial charge in [-0.2, -0.15) is 10.4 Å². The molecule has 0 saturated carbocycles. The summed E-state index contributed by atoms with van der Waals surface area (Å²) >= 11 is 0. The van der Waals surface area contributed by atoms with Gasteiger partial charge in [0.1, 0.15) is 17.2 Å². The first-order valence-electron chi connectivity index (χ1n) is 8.70. The molecular weight excluding hydrogens is 358 g/mol. The van der Waals surface area contributed by atoms with Crippen LogP contribution >= 0.6 is 0 Å². The molecule has 1 aromatic heterocycles. The molecule has 1 heterocycles. The van der Waals surface area contributed by atoms with E-state index >= 15 is 0 Å². The van der Waals surface area contributed by atoms with Gasteiger partial charge in [-0.1, -0.05) is 12.1 Å². The SMILES string of the molecule is CN(C)/C=N/c1[nH]nc(NCc2cccc(NC(=O)OC(C)(C)C)c2)c1C#N. The average molecular weight is 383 g/mol. The average Bonchev–Trinajstić information content (AvgIpc) is 2.98. The molecule has 0 aliphatic carbocycles. The van der Waals surface area contributed by atoms with Crippen molar-refractivity contribution < 1.29 is 9.53 Å². The van der Waals surface area contributed by atoms with Crippen LogP contribution in [-0.4, -0.2) is 47.2 Å². The highest BCUT2D eigenvalue weighted by atomic mass is 16.6. The first-order chi connectivity index (χ1) is 13.2. The van der Waals surface area contributed by atoms with Crippen LogP contribution in [-0.2, 0) is 11.3 Å². The van der Waals surface area contributed by atoms with Gasteiger partial charge in [-0.05, 0) is 38.5 Å². The van der Waals surface area contributed by atoms with Crippen LogP contribution in [0.5, 0.6) is 0 Å². The van der Waals surface area contributed by atoms with E-state index in [1.54, 1.807) is 38.1 Å². The van der Waals surface area contributed by atoms with Crippen molar-refractivity contribution in [2.75, 3.05) is 24.7 Å². The predicted molar refractivity (Wildman–Crippen MR) is 109 cm³/mol. The van der Waals surface area contributed by atoms with E-state index in [4.69, 9.17) is 4.74 Å². The molecule has 0 saturated heterocycles. The van der Waals surface area contributed by atoms with Crippen LogP contribution in [0.25, 0.3) is 0 Å². The lowest BCUT2D eigenvalue weighted by atomic mass is 10.2. The van der Waals surface area contributed by atoms with E-state index in [1.165, 1.54) is 0 Å². The molecule has 1 amide bonds. The number of nitrogens with one attached hydrogen (secondary N) is 3. The molecule has 3 N–H and O–H groups in total. The van der Waals surface area contributed by atoms with Crippen LogP contribution in [0.2, 0.25) is 0 Å². The largest absolute Gasteiger partial charge is 0.444 e. The minimum Gasteiger partial charge on any atom is -0.444 e. The smallest absolute Gasteiger partial charge is 0.412 e. The molecule has 0 fully saturated rings. The highest BCUT2D eigenvalue weighted by Gasteiger charge is 2.16. The van der Waals surface area contributed by atoms with Gasteiger partial charge in [0.2, 0.25) is 0 Å². The van der Waals surface area contributed by atoms with Crippen molar-refractivity contribution in [3.8, 4) is 6.07 Å². The number of aromatic amines is 1.